The lowest BCUT2D eigenvalue weighted by Gasteiger charge is -2.37. The molecule has 0 amide bonds. The van der Waals surface area contributed by atoms with Crippen LogP contribution in [0, 0.1) is 0 Å². The maximum atomic E-state index is 11.4. The molecule has 0 aromatic rings. The van der Waals surface area contributed by atoms with E-state index in [1.807, 2.05) is 0 Å². The van der Waals surface area contributed by atoms with Crippen LogP contribution >= 0.6 is 0 Å². The van der Waals surface area contributed by atoms with E-state index in [-0.39, 0.29) is 17.4 Å². The van der Waals surface area contributed by atoms with E-state index in [9.17, 15) is 9.90 Å². The van der Waals surface area contributed by atoms with Gasteiger partial charge >= 0.3 is 5.97 Å². The summed E-state index contributed by atoms with van der Waals surface area (Å²) in [5.74, 6) is -1.59. The SMILES string of the molecule is CC(C)(O)O[C@H]1CC(=O)O[C@H]1CO[Si](C)(C)C(C)(C)C. The molecule has 0 aromatic carbocycles. The summed E-state index contributed by atoms with van der Waals surface area (Å²) < 4.78 is 16.8. The summed E-state index contributed by atoms with van der Waals surface area (Å²) in [6.45, 7) is 14.2. The molecule has 1 aliphatic rings. The number of hydrogen-bond acceptors (Lipinski definition) is 5. The second-order valence-corrected chi connectivity index (χ2v) is 12.2. The van der Waals surface area contributed by atoms with Crippen molar-refractivity contribution in [3.63, 3.8) is 0 Å². The highest BCUT2D eigenvalue weighted by molar-refractivity contribution is 6.74. The first kappa shape index (κ1) is 17.6. The van der Waals surface area contributed by atoms with Gasteiger partial charge in [0.1, 0.15) is 6.10 Å². The normalized spacial score (nSPS) is 24.9. The van der Waals surface area contributed by atoms with Crippen molar-refractivity contribution in [2.45, 2.75) is 77.2 Å². The van der Waals surface area contributed by atoms with Crippen LogP contribution in [0.25, 0.3) is 0 Å². The molecular formula is C14H28O5Si. The van der Waals surface area contributed by atoms with Gasteiger partial charge in [-0.1, -0.05) is 20.8 Å². The summed E-state index contributed by atoms with van der Waals surface area (Å²) in [6.07, 6.45) is -0.731. The number of esters is 1. The van der Waals surface area contributed by atoms with Gasteiger partial charge in [0.2, 0.25) is 0 Å². The first-order valence-electron chi connectivity index (χ1n) is 7.05. The molecular weight excluding hydrogens is 276 g/mol. The van der Waals surface area contributed by atoms with E-state index < -0.39 is 26.3 Å². The van der Waals surface area contributed by atoms with Crippen LogP contribution in [0.5, 0.6) is 0 Å². The molecule has 5 nitrogen and oxygen atoms in total. The van der Waals surface area contributed by atoms with Crippen LogP contribution < -0.4 is 0 Å². The van der Waals surface area contributed by atoms with Crippen molar-refractivity contribution in [3.05, 3.63) is 0 Å². The Bertz CT molecular complexity index is 354. The molecule has 1 heterocycles. The molecule has 1 fully saturated rings. The van der Waals surface area contributed by atoms with E-state index in [0.717, 1.165) is 0 Å². The topological polar surface area (TPSA) is 65.0 Å². The molecule has 1 saturated heterocycles. The highest BCUT2D eigenvalue weighted by Gasteiger charge is 2.42. The van der Waals surface area contributed by atoms with E-state index in [1.165, 1.54) is 0 Å². The van der Waals surface area contributed by atoms with Gasteiger partial charge in [0, 0.05) is 0 Å². The summed E-state index contributed by atoms with van der Waals surface area (Å²) in [6, 6.07) is 0. The molecule has 118 valence electrons. The van der Waals surface area contributed by atoms with Crippen LogP contribution in [0.1, 0.15) is 41.0 Å². The molecule has 0 aliphatic carbocycles. The molecule has 20 heavy (non-hydrogen) atoms. The first-order valence-corrected chi connectivity index (χ1v) is 9.96. The highest BCUT2D eigenvalue weighted by atomic mass is 28.4. The largest absolute Gasteiger partial charge is 0.457 e. The standard InChI is InChI=1S/C14H28O5Si/c1-13(2,3)20(6,7)17-9-11-10(8-12(15)18-11)19-14(4,5)16/h10-11,16H,8-9H2,1-7H3/t10-,11-/m0/s1. The Morgan fingerprint density at radius 2 is 1.85 bits per heavy atom. The van der Waals surface area contributed by atoms with Crippen molar-refractivity contribution in [2.24, 2.45) is 0 Å². The fourth-order valence-electron chi connectivity index (χ4n) is 1.72. The van der Waals surface area contributed by atoms with Gasteiger partial charge in [-0.3, -0.25) is 4.79 Å². The van der Waals surface area contributed by atoms with E-state index in [4.69, 9.17) is 13.9 Å². The third kappa shape index (κ3) is 4.84. The van der Waals surface area contributed by atoms with Gasteiger partial charge in [-0.05, 0) is 32.0 Å². The molecule has 0 unspecified atom stereocenters. The van der Waals surface area contributed by atoms with Crippen LogP contribution in [-0.2, 0) is 18.7 Å². The number of carbonyl (C=O) groups is 1. The predicted octanol–water partition coefficient (Wildman–Crippen LogP) is 2.44. The van der Waals surface area contributed by atoms with Crippen molar-refractivity contribution in [3.8, 4) is 0 Å². The smallest absolute Gasteiger partial charge is 0.309 e. The van der Waals surface area contributed by atoms with Gasteiger partial charge in [-0.15, -0.1) is 0 Å². The Labute approximate surface area is 122 Å². The van der Waals surface area contributed by atoms with E-state index in [0.29, 0.717) is 6.61 Å². The van der Waals surface area contributed by atoms with Crippen LogP contribution in [-0.4, -0.2) is 44.0 Å². The monoisotopic (exact) mass is 304 g/mol. The summed E-state index contributed by atoms with van der Waals surface area (Å²) in [4.78, 5) is 11.4. The van der Waals surface area contributed by atoms with Gasteiger partial charge in [-0.25, -0.2) is 0 Å². The fourth-order valence-corrected chi connectivity index (χ4v) is 2.74. The Morgan fingerprint density at radius 1 is 1.30 bits per heavy atom. The quantitative estimate of drug-likeness (QED) is 0.480. The van der Waals surface area contributed by atoms with Crippen molar-refractivity contribution < 1.29 is 23.8 Å². The molecule has 6 heteroatoms. The molecule has 0 aromatic heterocycles. The van der Waals surface area contributed by atoms with Crippen molar-refractivity contribution in [1.82, 2.24) is 0 Å². The summed E-state index contributed by atoms with van der Waals surface area (Å²) in [5.41, 5.74) is 0. The minimum absolute atomic E-state index is 0.0994. The second-order valence-electron chi connectivity index (χ2n) is 7.41. The molecule has 1 N–H and O–H groups in total. The number of aliphatic hydroxyl groups is 1. The zero-order chi connectivity index (χ0) is 15.8. The molecule has 0 radical (unpaired) electrons. The lowest BCUT2D eigenvalue weighted by atomic mass is 10.2. The van der Waals surface area contributed by atoms with Gasteiger partial charge in [0.05, 0.1) is 13.0 Å². The lowest BCUT2D eigenvalue weighted by molar-refractivity contribution is -0.216. The zero-order valence-electron chi connectivity index (χ0n) is 13.6. The predicted molar refractivity (Wildman–Crippen MR) is 78.8 cm³/mol. The van der Waals surface area contributed by atoms with Gasteiger partial charge in [0.15, 0.2) is 20.2 Å². The first-order chi connectivity index (χ1) is 8.82. The third-order valence-corrected chi connectivity index (χ3v) is 8.42. The zero-order valence-corrected chi connectivity index (χ0v) is 14.6. The van der Waals surface area contributed by atoms with Gasteiger partial charge in [-0.2, -0.15) is 0 Å². The Morgan fingerprint density at radius 3 is 2.30 bits per heavy atom. The Kier molecular flexibility index (Phi) is 5.07. The molecule has 0 saturated carbocycles. The lowest BCUT2D eigenvalue weighted by Crippen LogP contribution is -2.45. The average Bonchev–Trinajstić information content (AvgIpc) is 2.51. The summed E-state index contributed by atoms with van der Waals surface area (Å²) >= 11 is 0. The van der Waals surface area contributed by atoms with Gasteiger partial charge < -0.3 is 19.0 Å². The van der Waals surface area contributed by atoms with Crippen LogP contribution in [0.3, 0.4) is 0 Å². The van der Waals surface area contributed by atoms with Gasteiger partial charge in [0.25, 0.3) is 0 Å². The summed E-state index contributed by atoms with van der Waals surface area (Å²) in [7, 11) is -1.89. The van der Waals surface area contributed by atoms with Crippen molar-refractivity contribution in [2.75, 3.05) is 6.61 Å². The van der Waals surface area contributed by atoms with Crippen LogP contribution in [0.15, 0.2) is 0 Å². The average molecular weight is 304 g/mol. The molecule has 0 spiro atoms. The number of carbonyl (C=O) groups excluding carboxylic acids is 1. The van der Waals surface area contributed by atoms with Crippen molar-refractivity contribution in [1.29, 1.82) is 0 Å². The number of rotatable bonds is 5. The van der Waals surface area contributed by atoms with E-state index in [2.05, 4.69) is 33.9 Å². The van der Waals surface area contributed by atoms with Crippen molar-refractivity contribution >= 4 is 14.3 Å². The Hall–Kier alpha value is -0.433. The maximum absolute atomic E-state index is 11.4. The number of cyclic esters (lactones) is 1. The van der Waals surface area contributed by atoms with Crippen LogP contribution in [0.4, 0.5) is 0 Å². The second kappa shape index (κ2) is 5.75. The number of hydrogen-bond donors (Lipinski definition) is 1. The Balaban J connectivity index is 2.64. The fraction of sp³-hybridized carbons (Fsp3) is 0.929. The van der Waals surface area contributed by atoms with E-state index in [1.54, 1.807) is 13.8 Å². The molecule has 0 bridgehead atoms. The minimum atomic E-state index is -1.89. The third-order valence-electron chi connectivity index (χ3n) is 3.92. The van der Waals surface area contributed by atoms with Crippen LogP contribution in [0.2, 0.25) is 18.1 Å². The minimum Gasteiger partial charge on any atom is -0.457 e. The molecule has 1 rings (SSSR count). The molecule has 2 atom stereocenters. The molecule has 1 aliphatic heterocycles. The maximum Gasteiger partial charge on any atom is 0.309 e. The highest BCUT2D eigenvalue weighted by Crippen LogP contribution is 2.37. The number of ether oxygens (including phenoxy) is 2. The summed E-state index contributed by atoms with van der Waals surface area (Å²) in [5, 5.41) is 9.82. The van der Waals surface area contributed by atoms with E-state index >= 15 is 0 Å².